The average molecular weight is 263 g/mol. The first-order chi connectivity index (χ1) is 9.20. The molecule has 102 valence electrons. The van der Waals surface area contributed by atoms with Gasteiger partial charge in [0.1, 0.15) is 11.9 Å². The van der Waals surface area contributed by atoms with Gasteiger partial charge in [-0.25, -0.2) is 9.78 Å². The van der Waals surface area contributed by atoms with Gasteiger partial charge in [-0.3, -0.25) is 4.79 Å². The highest BCUT2D eigenvalue weighted by Crippen LogP contribution is 2.12. The van der Waals surface area contributed by atoms with E-state index in [2.05, 4.69) is 15.6 Å². The van der Waals surface area contributed by atoms with E-state index < -0.39 is 5.97 Å². The van der Waals surface area contributed by atoms with Crippen molar-refractivity contribution in [3.63, 3.8) is 0 Å². The fraction of sp³-hybridized carbons (Fsp3) is 0.462. The van der Waals surface area contributed by atoms with Crippen LogP contribution < -0.4 is 10.6 Å². The van der Waals surface area contributed by atoms with Crippen molar-refractivity contribution in [1.82, 2.24) is 10.3 Å². The van der Waals surface area contributed by atoms with E-state index in [9.17, 15) is 9.59 Å². The van der Waals surface area contributed by atoms with Gasteiger partial charge in [-0.15, -0.1) is 0 Å². The van der Waals surface area contributed by atoms with Crippen molar-refractivity contribution < 1.29 is 14.3 Å². The molecule has 0 aliphatic carbocycles. The van der Waals surface area contributed by atoms with Crippen molar-refractivity contribution in [3.8, 4) is 0 Å². The number of hydrogen-bond acceptors (Lipinski definition) is 5. The number of hydrogen-bond donors (Lipinski definition) is 2. The Bertz CT molecular complexity index is 459. The normalized spacial score (nSPS) is 18.6. The van der Waals surface area contributed by atoms with Crippen LogP contribution in [0.1, 0.15) is 30.1 Å². The van der Waals surface area contributed by atoms with Crippen LogP contribution in [-0.4, -0.2) is 36.1 Å². The Hall–Kier alpha value is -2.11. The molecule has 1 unspecified atom stereocenters. The van der Waals surface area contributed by atoms with Crippen LogP contribution in [0.15, 0.2) is 18.3 Å². The van der Waals surface area contributed by atoms with E-state index in [1.165, 1.54) is 6.20 Å². The fourth-order valence-corrected chi connectivity index (χ4v) is 1.90. The molecule has 6 nitrogen and oxygen atoms in total. The highest BCUT2D eigenvalue weighted by Gasteiger charge is 2.21. The molecule has 1 amide bonds. The van der Waals surface area contributed by atoms with Crippen molar-refractivity contribution in [3.05, 3.63) is 23.9 Å². The topological polar surface area (TPSA) is 80.3 Å². The van der Waals surface area contributed by atoms with Gasteiger partial charge >= 0.3 is 5.97 Å². The summed E-state index contributed by atoms with van der Waals surface area (Å²) in [4.78, 5) is 27.2. The number of anilines is 1. The zero-order valence-corrected chi connectivity index (χ0v) is 10.8. The summed E-state index contributed by atoms with van der Waals surface area (Å²) in [6.07, 6.45) is 3.18. The van der Waals surface area contributed by atoms with E-state index in [0.717, 1.165) is 19.4 Å². The van der Waals surface area contributed by atoms with E-state index in [-0.39, 0.29) is 11.9 Å². The van der Waals surface area contributed by atoms with Crippen LogP contribution in [0, 0.1) is 0 Å². The van der Waals surface area contributed by atoms with Gasteiger partial charge in [0.2, 0.25) is 5.91 Å². The number of piperidine rings is 1. The summed E-state index contributed by atoms with van der Waals surface area (Å²) >= 11 is 0. The Morgan fingerprint density at radius 3 is 3.05 bits per heavy atom. The molecular formula is C13H17N3O3. The number of ether oxygens (including phenoxy) is 1. The lowest BCUT2D eigenvalue weighted by Crippen LogP contribution is -2.44. The van der Waals surface area contributed by atoms with Gasteiger partial charge in [0, 0.05) is 12.7 Å². The van der Waals surface area contributed by atoms with Crippen molar-refractivity contribution in [2.24, 2.45) is 0 Å². The van der Waals surface area contributed by atoms with E-state index in [1.54, 1.807) is 19.1 Å². The predicted octanol–water partition coefficient (Wildman–Crippen LogP) is 0.949. The Kier molecular flexibility index (Phi) is 4.33. The average Bonchev–Trinajstić information content (AvgIpc) is 2.42. The maximum absolute atomic E-state index is 11.6. The minimum absolute atomic E-state index is 0.0116. The van der Waals surface area contributed by atoms with Crippen molar-refractivity contribution in [1.29, 1.82) is 0 Å². The molecule has 2 rings (SSSR count). The summed E-state index contributed by atoms with van der Waals surface area (Å²) in [5.41, 5.74) is 0.403. The Balaban J connectivity index is 1.98. The zero-order valence-electron chi connectivity index (χ0n) is 10.8. The summed E-state index contributed by atoms with van der Waals surface area (Å²) in [6.45, 7) is 2.82. The SMILES string of the molecule is CCOC(=O)c1ccc(NC2CCCNC2=O)nc1. The molecule has 0 bridgehead atoms. The number of aromatic nitrogens is 1. The molecule has 0 radical (unpaired) electrons. The van der Waals surface area contributed by atoms with Crippen LogP contribution in [0.2, 0.25) is 0 Å². The first-order valence-electron chi connectivity index (χ1n) is 6.38. The van der Waals surface area contributed by atoms with E-state index in [0.29, 0.717) is 18.0 Å². The van der Waals surface area contributed by atoms with E-state index in [4.69, 9.17) is 4.74 Å². The monoisotopic (exact) mass is 263 g/mol. The molecule has 1 fully saturated rings. The third-order valence-corrected chi connectivity index (χ3v) is 2.88. The Morgan fingerprint density at radius 1 is 1.58 bits per heavy atom. The van der Waals surface area contributed by atoms with Gasteiger partial charge in [-0.1, -0.05) is 0 Å². The molecule has 1 aliphatic heterocycles. The fourth-order valence-electron chi connectivity index (χ4n) is 1.90. The lowest BCUT2D eigenvalue weighted by Gasteiger charge is -2.23. The van der Waals surface area contributed by atoms with Gasteiger partial charge in [-0.2, -0.15) is 0 Å². The standard InChI is InChI=1S/C13H17N3O3/c1-2-19-13(18)9-5-6-11(15-8-9)16-10-4-3-7-14-12(10)17/h5-6,8,10H,2-4,7H2,1H3,(H,14,17)(H,15,16). The number of rotatable bonds is 4. The van der Waals surface area contributed by atoms with Crippen LogP contribution in [0.3, 0.4) is 0 Å². The van der Waals surface area contributed by atoms with Crippen molar-refractivity contribution in [2.45, 2.75) is 25.8 Å². The Morgan fingerprint density at radius 2 is 2.42 bits per heavy atom. The molecule has 1 atom stereocenters. The van der Waals surface area contributed by atoms with Crippen LogP contribution in [0.5, 0.6) is 0 Å². The number of carbonyl (C=O) groups excluding carboxylic acids is 2. The van der Waals surface area contributed by atoms with Crippen LogP contribution in [-0.2, 0) is 9.53 Å². The van der Waals surface area contributed by atoms with E-state index in [1.807, 2.05) is 0 Å². The molecule has 6 heteroatoms. The molecule has 1 aliphatic rings. The summed E-state index contributed by atoms with van der Waals surface area (Å²) in [5.74, 6) is 0.176. The number of carbonyl (C=O) groups is 2. The van der Waals surface area contributed by atoms with Crippen LogP contribution in [0.4, 0.5) is 5.82 Å². The summed E-state index contributed by atoms with van der Waals surface area (Å²) in [5, 5.41) is 5.85. The van der Waals surface area contributed by atoms with Gasteiger partial charge in [-0.05, 0) is 31.9 Å². The highest BCUT2D eigenvalue weighted by molar-refractivity contribution is 5.89. The molecule has 1 aromatic heterocycles. The predicted molar refractivity (Wildman–Crippen MR) is 69.8 cm³/mol. The smallest absolute Gasteiger partial charge is 0.339 e. The molecule has 0 spiro atoms. The molecule has 1 aromatic rings. The first-order valence-corrected chi connectivity index (χ1v) is 6.38. The second-order valence-corrected chi connectivity index (χ2v) is 4.28. The van der Waals surface area contributed by atoms with Crippen LogP contribution in [0.25, 0.3) is 0 Å². The second kappa shape index (κ2) is 6.17. The van der Waals surface area contributed by atoms with Gasteiger partial charge in [0.15, 0.2) is 0 Å². The first kappa shape index (κ1) is 13.3. The third-order valence-electron chi connectivity index (χ3n) is 2.88. The summed E-state index contributed by atoms with van der Waals surface area (Å²) in [6, 6.07) is 3.05. The third kappa shape index (κ3) is 3.43. The highest BCUT2D eigenvalue weighted by atomic mass is 16.5. The Labute approximate surface area is 111 Å². The van der Waals surface area contributed by atoms with Crippen molar-refractivity contribution >= 4 is 17.7 Å². The van der Waals surface area contributed by atoms with Crippen LogP contribution >= 0.6 is 0 Å². The zero-order chi connectivity index (χ0) is 13.7. The molecule has 1 saturated heterocycles. The number of esters is 1. The molecule has 2 heterocycles. The maximum atomic E-state index is 11.6. The number of nitrogens with one attached hydrogen (secondary N) is 2. The molecule has 0 saturated carbocycles. The minimum Gasteiger partial charge on any atom is -0.462 e. The summed E-state index contributed by atoms with van der Waals surface area (Å²) < 4.78 is 4.87. The van der Waals surface area contributed by atoms with Gasteiger partial charge < -0.3 is 15.4 Å². The largest absolute Gasteiger partial charge is 0.462 e. The lowest BCUT2D eigenvalue weighted by molar-refractivity contribution is -0.123. The molecule has 2 N–H and O–H groups in total. The number of pyridine rings is 1. The number of amides is 1. The summed E-state index contributed by atoms with van der Waals surface area (Å²) in [7, 11) is 0. The van der Waals surface area contributed by atoms with Gasteiger partial charge in [0.25, 0.3) is 0 Å². The minimum atomic E-state index is -0.392. The quantitative estimate of drug-likeness (QED) is 0.790. The van der Waals surface area contributed by atoms with Gasteiger partial charge in [0.05, 0.1) is 12.2 Å². The maximum Gasteiger partial charge on any atom is 0.339 e. The molecule has 19 heavy (non-hydrogen) atoms. The van der Waals surface area contributed by atoms with E-state index >= 15 is 0 Å². The lowest BCUT2D eigenvalue weighted by atomic mass is 10.1. The molecule has 0 aromatic carbocycles. The second-order valence-electron chi connectivity index (χ2n) is 4.28. The number of nitrogens with zero attached hydrogens (tertiary/aromatic N) is 1. The molecular weight excluding hydrogens is 246 g/mol. The van der Waals surface area contributed by atoms with Crippen molar-refractivity contribution in [2.75, 3.05) is 18.5 Å².